The largest absolute Gasteiger partial charge is 0.486 e. The Labute approximate surface area is 191 Å². The molecule has 5 nitrogen and oxygen atoms in total. The maximum atomic E-state index is 12.9. The molecule has 160 valence electrons. The number of nitrogens with one attached hydrogen (secondary N) is 1. The maximum absolute atomic E-state index is 12.9. The van der Waals surface area contributed by atoms with E-state index < -0.39 is 0 Å². The number of nitrogens with zero attached hydrogens (tertiary/aromatic N) is 1. The van der Waals surface area contributed by atoms with Crippen LogP contribution in [-0.4, -0.2) is 24.0 Å². The zero-order valence-electron chi connectivity index (χ0n) is 17.3. The number of rotatable bonds is 6. The van der Waals surface area contributed by atoms with Gasteiger partial charge < -0.3 is 14.8 Å². The molecule has 0 bridgehead atoms. The standard InChI is InChI=1S/C26H21ClN2O3/c27-20-7-6-18-10-11-28-26(22(18)16-20)29-21-3-1-2-19(15-21)23(30)8-4-17-5-9-24-25(14-17)32-13-12-31-24/h1-3,5-7,9-11,14-16H,4,8,12-13H2,(H,28,29). The average molecular weight is 445 g/mol. The van der Waals surface area contributed by atoms with E-state index in [9.17, 15) is 4.79 Å². The summed E-state index contributed by atoms with van der Waals surface area (Å²) in [6.07, 6.45) is 2.79. The lowest BCUT2D eigenvalue weighted by Crippen LogP contribution is -2.15. The van der Waals surface area contributed by atoms with Crippen molar-refractivity contribution in [3.8, 4) is 11.5 Å². The van der Waals surface area contributed by atoms with Crippen LogP contribution in [0.1, 0.15) is 22.3 Å². The van der Waals surface area contributed by atoms with Gasteiger partial charge in [-0.05, 0) is 59.8 Å². The first-order chi connectivity index (χ1) is 15.7. The Balaban J connectivity index is 1.30. The fraction of sp³-hybridized carbons (Fsp3) is 0.154. The van der Waals surface area contributed by atoms with E-state index in [2.05, 4.69) is 10.3 Å². The molecule has 0 saturated heterocycles. The van der Waals surface area contributed by atoms with Crippen molar-refractivity contribution in [2.24, 2.45) is 0 Å². The molecular formula is C26H21ClN2O3. The lowest BCUT2D eigenvalue weighted by atomic mass is 10.0. The fourth-order valence-corrected chi connectivity index (χ4v) is 3.96. The molecule has 0 fully saturated rings. The third-order valence-electron chi connectivity index (χ3n) is 5.42. The summed E-state index contributed by atoms with van der Waals surface area (Å²) in [6.45, 7) is 1.11. The number of carbonyl (C=O) groups is 1. The van der Waals surface area contributed by atoms with Crippen LogP contribution in [0, 0.1) is 0 Å². The third-order valence-corrected chi connectivity index (χ3v) is 5.66. The van der Waals surface area contributed by atoms with E-state index in [0.717, 1.165) is 33.5 Å². The van der Waals surface area contributed by atoms with Crippen molar-refractivity contribution < 1.29 is 14.3 Å². The van der Waals surface area contributed by atoms with Gasteiger partial charge in [0.15, 0.2) is 17.3 Å². The fourth-order valence-electron chi connectivity index (χ4n) is 3.79. The first-order valence-corrected chi connectivity index (χ1v) is 10.9. The minimum atomic E-state index is 0.0810. The van der Waals surface area contributed by atoms with Gasteiger partial charge in [0.2, 0.25) is 0 Å². The van der Waals surface area contributed by atoms with Crippen LogP contribution in [0.4, 0.5) is 11.5 Å². The van der Waals surface area contributed by atoms with Crippen LogP contribution in [0.2, 0.25) is 5.02 Å². The zero-order chi connectivity index (χ0) is 21.9. The molecule has 0 unspecified atom stereocenters. The van der Waals surface area contributed by atoms with Gasteiger partial charge in [-0.2, -0.15) is 0 Å². The number of pyridine rings is 1. The molecule has 1 N–H and O–H groups in total. The number of fused-ring (bicyclic) bond motifs is 2. The van der Waals surface area contributed by atoms with Gasteiger partial charge in [-0.3, -0.25) is 4.79 Å². The van der Waals surface area contributed by atoms with Crippen LogP contribution >= 0.6 is 11.6 Å². The van der Waals surface area contributed by atoms with Crippen molar-refractivity contribution in [3.05, 3.63) is 89.1 Å². The van der Waals surface area contributed by atoms with Crippen molar-refractivity contribution in [1.29, 1.82) is 0 Å². The van der Waals surface area contributed by atoms with Gasteiger partial charge >= 0.3 is 0 Å². The number of hydrogen-bond acceptors (Lipinski definition) is 5. The number of ketones is 1. The van der Waals surface area contributed by atoms with E-state index in [1.807, 2.05) is 66.7 Å². The first kappa shape index (κ1) is 20.3. The Morgan fingerprint density at radius 3 is 2.75 bits per heavy atom. The van der Waals surface area contributed by atoms with Crippen molar-refractivity contribution in [1.82, 2.24) is 4.98 Å². The van der Waals surface area contributed by atoms with Crippen LogP contribution in [-0.2, 0) is 6.42 Å². The topological polar surface area (TPSA) is 60.5 Å². The van der Waals surface area contributed by atoms with Gasteiger partial charge in [0.1, 0.15) is 19.0 Å². The molecule has 4 aromatic rings. The molecule has 6 heteroatoms. The highest BCUT2D eigenvalue weighted by molar-refractivity contribution is 6.31. The summed E-state index contributed by atoms with van der Waals surface area (Å²) in [7, 11) is 0. The Morgan fingerprint density at radius 2 is 1.84 bits per heavy atom. The number of anilines is 2. The summed E-state index contributed by atoms with van der Waals surface area (Å²) in [5.41, 5.74) is 2.51. The predicted molar refractivity (Wildman–Crippen MR) is 127 cm³/mol. The highest BCUT2D eigenvalue weighted by atomic mass is 35.5. The van der Waals surface area contributed by atoms with E-state index >= 15 is 0 Å². The quantitative estimate of drug-likeness (QED) is 0.358. The Hall–Kier alpha value is -3.57. The lowest BCUT2D eigenvalue weighted by Gasteiger charge is -2.18. The summed E-state index contributed by atoms with van der Waals surface area (Å²) in [6, 6.07) is 21.0. The first-order valence-electron chi connectivity index (χ1n) is 10.5. The molecule has 1 aliphatic rings. The molecule has 32 heavy (non-hydrogen) atoms. The van der Waals surface area contributed by atoms with Gasteiger partial charge in [-0.1, -0.05) is 35.9 Å². The second-order valence-electron chi connectivity index (χ2n) is 7.63. The van der Waals surface area contributed by atoms with Crippen molar-refractivity contribution in [2.75, 3.05) is 18.5 Å². The summed E-state index contributed by atoms with van der Waals surface area (Å²) < 4.78 is 11.2. The molecule has 0 amide bonds. The number of benzene rings is 3. The molecule has 0 spiro atoms. The normalized spacial score (nSPS) is 12.5. The van der Waals surface area contributed by atoms with Crippen LogP contribution in [0.25, 0.3) is 10.8 Å². The van der Waals surface area contributed by atoms with Crippen molar-refractivity contribution in [3.63, 3.8) is 0 Å². The minimum Gasteiger partial charge on any atom is -0.486 e. The van der Waals surface area contributed by atoms with Gasteiger partial charge in [-0.15, -0.1) is 0 Å². The minimum absolute atomic E-state index is 0.0810. The van der Waals surface area contributed by atoms with E-state index in [4.69, 9.17) is 21.1 Å². The molecule has 0 radical (unpaired) electrons. The van der Waals surface area contributed by atoms with Crippen LogP contribution < -0.4 is 14.8 Å². The molecule has 3 aromatic carbocycles. The van der Waals surface area contributed by atoms with E-state index in [-0.39, 0.29) is 5.78 Å². The number of aryl methyl sites for hydroxylation is 1. The smallest absolute Gasteiger partial charge is 0.163 e. The molecule has 0 aliphatic carbocycles. The predicted octanol–water partition coefficient (Wildman–Crippen LogP) is 6.22. The number of halogens is 1. The molecular weight excluding hydrogens is 424 g/mol. The van der Waals surface area contributed by atoms with E-state index in [1.165, 1.54) is 0 Å². The summed E-state index contributed by atoms with van der Waals surface area (Å²) >= 11 is 6.17. The number of ether oxygens (including phenoxy) is 2. The lowest BCUT2D eigenvalue weighted by molar-refractivity contribution is 0.0983. The molecule has 1 aliphatic heterocycles. The van der Waals surface area contributed by atoms with Crippen molar-refractivity contribution >= 4 is 39.7 Å². The molecule has 0 saturated carbocycles. The van der Waals surface area contributed by atoms with Gasteiger partial charge in [0.25, 0.3) is 0 Å². The highest BCUT2D eigenvalue weighted by Gasteiger charge is 2.13. The van der Waals surface area contributed by atoms with E-state index in [0.29, 0.717) is 42.5 Å². The SMILES string of the molecule is O=C(CCc1ccc2c(c1)OCCO2)c1cccc(Nc2nccc3ccc(Cl)cc23)c1. The highest BCUT2D eigenvalue weighted by Crippen LogP contribution is 2.31. The van der Waals surface area contributed by atoms with Crippen LogP contribution in [0.5, 0.6) is 11.5 Å². The van der Waals surface area contributed by atoms with Crippen LogP contribution in [0.15, 0.2) is 72.9 Å². The Bertz CT molecular complexity index is 1310. The average Bonchev–Trinajstić information content (AvgIpc) is 2.83. The van der Waals surface area contributed by atoms with Gasteiger partial charge in [0, 0.05) is 34.3 Å². The number of carbonyl (C=O) groups excluding carboxylic acids is 1. The van der Waals surface area contributed by atoms with E-state index in [1.54, 1.807) is 6.20 Å². The zero-order valence-corrected chi connectivity index (χ0v) is 18.1. The molecule has 5 rings (SSSR count). The number of Topliss-reactive ketones (excluding diaryl/α,β-unsaturated/α-hetero) is 1. The van der Waals surface area contributed by atoms with Gasteiger partial charge in [-0.25, -0.2) is 4.98 Å². The number of hydrogen-bond donors (Lipinski definition) is 1. The Morgan fingerprint density at radius 1 is 0.969 bits per heavy atom. The summed E-state index contributed by atoms with van der Waals surface area (Å²) in [5, 5.41) is 5.94. The van der Waals surface area contributed by atoms with Crippen LogP contribution in [0.3, 0.4) is 0 Å². The second kappa shape index (κ2) is 8.89. The second-order valence-corrected chi connectivity index (χ2v) is 8.07. The summed E-state index contributed by atoms with van der Waals surface area (Å²) in [5.74, 6) is 2.28. The molecule has 1 aromatic heterocycles. The number of aromatic nitrogens is 1. The van der Waals surface area contributed by atoms with Gasteiger partial charge in [0.05, 0.1) is 0 Å². The molecule has 0 atom stereocenters. The maximum Gasteiger partial charge on any atom is 0.163 e. The Kier molecular flexibility index (Phi) is 5.65. The monoisotopic (exact) mass is 444 g/mol. The third kappa shape index (κ3) is 4.39. The summed E-state index contributed by atoms with van der Waals surface area (Å²) in [4.78, 5) is 17.3. The molecule has 2 heterocycles. The van der Waals surface area contributed by atoms with Crippen molar-refractivity contribution in [2.45, 2.75) is 12.8 Å².